The van der Waals surface area contributed by atoms with Crippen LogP contribution < -0.4 is 5.32 Å². The molecule has 2 aromatic heterocycles. The number of para-hydroxylation sites is 1. The molecule has 1 amide bonds. The number of fused-ring (bicyclic) bond motifs is 1. The molecule has 1 aromatic carbocycles. The van der Waals surface area contributed by atoms with Crippen LogP contribution in [0.1, 0.15) is 16.1 Å². The van der Waals surface area contributed by atoms with E-state index in [1.165, 1.54) is 0 Å². The van der Waals surface area contributed by atoms with Crippen molar-refractivity contribution in [3.05, 3.63) is 66.1 Å². The molecule has 3 rings (SSSR count). The third-order valence-electron chi connectivity index (χ3n) is 3.30. The van der Waals surface area contributed by atoms with Crippen LogP contribution in [0.5, 0.6) is 0 Å². The maximum absolute atomic E-state index is 12.3. The molecule has 4 nitrogen and oxygen atoms in total. The molecule has 0 aliphatic heterocycles. The van der Waals surface area contributed by atoms with Crippen molar-refractivity contribution in [1.82, 2.24) is 9.38 Å². The van der Waals surface area contributed by atoms with Gasteiger partial charge in [0.15, 0.2) is 0 Å². The first-order valence-corrected chi connectivity index (χ1v) is 11.3. The van der Waals surface area contributed by atoms with Gasteiger partial charge in [0.05, 0.1) is 0 Å². The maximum atomic E-state index is 12.3. The topological polar surface area (TPSA) is 46.4 Å². The summed E-state index contributed by atoms with van der Waals surface area (Å²) in [6.45, 7) is 6.63. The number of pyridine rings is 1. The molecule has 5 heteroatoms. The average Bonchev–Trinajstić information content (AvgIpc) is 2.96. The number of aromatic nitrogens is 2. The smallest absolute Gasteiger partial charge is 0.275 e. The zero-order chi connectivity index (χ0) is 17.2. The molecule has 24 heavy (non-hydrogen) atoms. The molecule has 0 saturated heterocycles. The van der Waals surface area contributed by atoms with Crippen molar-refractivity contribution in [2.75, 3.05) is 5.32 Å². The van der Waals surface area contributed by atoms with Crippen molar-refractivity contribution in [2.45, 2.75) is 19.6 Å². The Morgan fingerprint density at radius 1 is 1.08 bits per heavy atom. The fourth-order valence-electron chi connectivity index (χ4n) is 2.15. The van der Waals surface area contributed by atoms with Gasteiger partial charge in [0.2, 0.25) is 0 Å². The van der Waals surface area contributed by atoms with Crippen molar-refractivity contribution in [3.8, 4) is 11.5 Å². The number of carbonyl (C=O) groups is 1. The van der Waals surface area contributed by atoms with Crippen LogP contribution in [0, 0.1) is 11.5 Å². The largest absolute Gasteiger partial charge is 0.321 e. The number of amides is 1. The second-order valence-electron chi connectivity index (χ2n) is 6.63. The summed E-state index contributed by atoms with van der Waals surface area (Å²) in [7, 11) is -1.41. The molecule has 3 aromatic rings. The molecule has 120 valence electrons. The van der Waals surface area contributed by atoms with E-state index in [1.807, 2.05) is 53.1 Å². The summed E-state index contributed by atoms with van der Waals surface area (Å²) in [5.41, 5.74) is 6.13. The van der Waals surface area contributed by atoms with Crippen LogP contribution in [-0.4, -0.2) is 23.4 Å². The van der Waals surface area contributed by atoms with Gasteiger partial charge >= 0.3 is 0 Å². The molecule has 0 aliphatic carbocycles. The van der Waals surface area contributed by atoms with Crippen LogP contribution in [0.15, 0.2) is 54.9 Å². The number of nitrogens with zero attached hydrogens (tertiary/aromatic N) is 2. The SMILES string of the molecule is C[Si](C)(C)C#Cc1ccc2nc(C(=O)Nc3ccccc3)cn2c1. The van der Waals surface area contributed by atoms with Crippen LogP contribution in [0.3, 0.4) is 0 Å². The lowest BCUT2D eigenvalue weighted by Crippen LogP contribution is -2.16. The predicted molar refractivity (Wildman–Crippen MR) is 99.8 cm³/mol. The van der Waals surface area contributed by atoms with E-state index in [2.05, 4.69) is 41.4 Å². The van der Waals surface area contributed by atoms with Gasteiger partial charge in [-0.1, -0.05) is 43.8 Å². The molecule has 0 aliphatic rings. The molecule has 1 N–H and O–H groups in total. The lowest BCUT2D eigenvalue weighted by molar-refractivity contribution is 0.102. The van der Waals surface area contributed by atoms with Crippen molar-refractivity contribution < 1.29 is 4.79 Å². The molecular formula is C19H19N3OSi. The van der Waals surface area contributed by atoms with Crippen molar-refractivity contribution >= 4 is 25.3 Å². The van der Waals surface area contributed by atoms with Gasteiger partial charge in [-0.15, -0.1) is 5.54 Å². The summed E-state index contributed by atoms with van der Waals surface area (Å²) in [4.78, 5) is 16.7. The Bertz CT molecular complexity index is 943. The Kier molecular flexibility index (Phi) is 4.23. The van der Waals surface area contributed by atoms with Crippen LogP contribution in [0.2, 0.25) is 19.6 Å². The number of carbonyl (C=O) groups excluding carboxylic acids is 1. The fraction of sp³-hybridized carbons (Fsp3) is 0.158. The van der Waals surface area contributed by atoms with Crippen LogP contribution >= 0.6 is 0 Å². The molecule has 0 fully saturated rings. The highest BCUT2D eigenvalue weighted by Crippen LogP contribution is 2.11. The molecule has 0 saturated carbocycles. The first kappa shape index (κ1) is 16.0. The highest BCUT2D eigenvalue weighted by molar-refractivity contribution is 6.83. The first-order valence-electron chi connectivity index (χ1n) is 7.79. The number of nitrogens with one attached hydrogen (secondary N) is 1. The molecular weight excluding hydrogens is 314 g/mol. The van der Waals surface area contributed by atoms with Crippen molar-refractivity contribution in [2.24, 2.45) is 0 Å². The minimum atomic E-state index is -1.41. The summed E-state index contributed by atoms with van der Waals surface area (Å²) in [6, 6.07) is 13.2. The van der Waals surface area contributed by atoms with E-state index in [1.54, 1.807) is 6.20 Å². The predicted octanol–water partition coefficient (Wildman–Crippen LogP) is 3.82. The van der Waals surface area contributed by atoms with E-state index in [0.29, 0.717) is 5.69 Å². The van der Waals surface area contributed by atoms with Crippen LogP contribution in [0.4, 0.5) is 5.69 Å². The van der Waals surface area contributed by atoms with Gasteiger partial charge in [-0.3, -0.25) is 4.79 Å². The quantitative estimate of drug-likeness (QED) is 0.572. The Hall–Kier alpha value is -2.84. The number of hydrogen-bond acceptors (Lipinski definition) is 2. The first-order chi connectivity index (χ1) is 11.4. The minimum absolute atomic E-state index is 0.223. The Labute approximate surface area is 142 Å². The molecule has 0 atom stereocenters. The van der Waals surface area contributed by atoms with E-state index in [-0.39, 0.29) is 5.91 Å². The van der Waals surface area contributed by atoms with Gasteiger partial charge in [-0.2, -0.15) is 0 Å². The Morgan fingerprint density at radius 3 is 2.54 bits per heavy atom. The second kappa shape index (κ2) is 6.34. The van der Waals surface area contributed by atoms with E-state index in [9.17, 15) is 4.79 Å². The zero-order valence-electron chi connectivity index (χ0n) is 14.0. The highest BCUT2D eigenvalue weighted by atomic mass is 28.3. The average molecular weight is 333 g/mol. The van der Waals surface area contributed by atoms with E-state index >= 15 is 0 Å². The molecule has 0 radical (unpaired) electrons. The zero-order valence-corrected chi connectivity index (χ0v) is 15.0. The number of rotatable bonds is 2. The van der Waals surface area contributed by atoms with E-state index in [0.717, 1.165) is 16.9 Å². The van der Waals surface area contributed by atoms with Crippen LogP contribution in [-0.2, 0) is 0 Å². The third kappa shape index (κ3) is 3.92. The third-order valence-corrected chi connectivity index (χ3v) is 4.17. The number of anilines is 1. The lowest BCUT2D eigenvalue weighted by Gasteiger charge is -2.03. The fourth-order valence-corrected chi connectivity index (χ4v) is 2.67. The molecule has 0 bridgehead atoms. The summed E-state index contributed by atoms with van der Waals surface area (Å²) in [5.74, 6) is 3.00. The van der Waals surface area contributed by atoms with E-state index in [4.69, 9.17) is 0 Å². The van der Waals surface area contributed by atoms with Crippen molar-refractivity contribution in [3.63, 3.8) is 0 Å². The summed E-state index contributed by atoms with van der Waals surface area (Å²) in [6.07, 6.45) is 3.64. The normalized spacial score (nSPS) is 11.0. The highest BCUT2D eigenvalue weighted by Gasteiger charge is 2.11. The molecule has 0 spiro atoms. The number of imidazole rings is 1. The standard InChI is InChI=1S/C19H19N3OSi/c1-24(2,3)12-11-15-9-10-18-21-17(14-22(18)13-15)19(23)20-16-7-5-4-6-8-16/h4-10,13-14H,1-3H3,(H,20,23). The summed E-state index contributed by atoms with van der Waals surface area (Å²) >= 11 is 0. The second-order valence-corrected chi connectivity index (χ2v) is 11.4. The van der Waals surface area contributed by atoms with Gasteiger partial charge in [-0.25, -0.2) is 4.98 Å². The number of benzene rings is 1. The van der Waals surface area contributed by atoms with Gasteiger partial charge in [-0.05, 0) is 24.3 Å². The van der Waals surface area contributed by atoms with Gasteiger partial charge < -0.3 is 9.72 Å². The van der Waals surface area contributed by atoms with Gasteiger partial charge in [0.1, 0.15) is 19.4 Å². The van der Waals surface area contributed by atoms with Gasteiger partial charge in [0, 0.05) is 23.6 Å². The monoisotopic (exact) mass is 333 g/mol. The molecule has 2 heterocycles. The summed E-state index contributed by atoms with van der Waals surface area (Å²) < 4.78 is 1.84. The van der Waals surface area contributed by atoms with Gasteiger partial charge in [0.25, 0.3) is 5.91 Å². The van der Waals surface area contributed by atoms with Crippen molar-refractivity contribution in [1.29, 1.82) is 0 Å². The number of hydrogen-bond donors (Lipinski definition) is 1. The Morgan fingerprint density at radius 2 is 1.83 bits per heavy atom. The Balaban J connectivity index is 1.85. The summed E-state index contributed by atoms with van der Waals surface area (Å²) in [5, 5.41) is 2.84. The maximum Gasteiger partial charge on any atom is 0.275 e. The molecule has 0 unspecified atom stereocenters. The van der Waals surface area contributed by atoms with E-state index < -0.39 is 8.07 Å². The minimum Gasteiger partial charge on any atom is -0.321 e. The lowest BCUT2D eigenvalue weighted by atomic mass is 10.3. The van der Waals surface area contributed by atoms with Crippen LogP contribution in [0.25, 0.3) is 5.65 Å².